The second kappa shape index (κ2) is 8.29. The van der Waals surface area contributed by atoms with E-state index in [1.54, 1.807) is 27.1 Å². The molecule has 4 aliphatic rings. The van der Waals surface area contributed by atoms with Crippen molar-refractivity contribution in [3.63, 3.8) is 0 Å². The predicted molar refractivity (Wildman–Crippen MR) is 169 cm³/mol. The molecule has 3 aromatic carbocycles. The summed E-state index contributed by atoms with van der Waals surface area (Å²) in [6.07, 6.45) is 9.06. The smallest absolute Gasteiger partial charge is 0.0801 e. The van der Waals surface area contributed by atoms with Gasteiger partial charge in [0, 0.05) is 0 Å². The number of hydrogen-bond acceptors (Lipinski definition) is 0. The van der Waals surface area contributed by atoms with Crippen LogP contribution in [0.4, 0.5) is 0 Å². The monoisotopic (exact) mass is 522 g/mol. The Balaban J connectivity index is 1.60. The first-order valence-electron chi connectivity index (χ1n) is 14.5. The molecule has 0 N–H and O–H groups in total. The molecule has 2 heterocycles. The van der Waals surface area contributed by atoms with Gasteiger partial charge in [-0.15, -0.1) is 0 Å². The van der Waals surface area contributed by atoms with Crippen LogP contribution in [0.15, 0.2) is 130 Å². The molecule has 7 rings (SSSR count). The van der Waals surface area contributed by atoms with Crippen molar-refractivity contribution in [2.75, 3.05) is 0 Å². The van der Waals surface area contributed by atoms with Crippen LogP contribution in [-0.2, 0) is 11.8 Å². The fourth-order valence-corrected chi connectivity index (χ4v) is 13.6. The van der Waals surface area contributed by atoms with E-state index in [-0.39, 0.29) is 10.8 Å². The highest BCUT2D eigenvalue weighted by Gasteiger charge is 2.62. The minimum atomic E-state index is -2.39. The summed E-state index contributed by atoms with van der Waals surface area (Å²) in [6, 6.07) is 30.4. The first-order chi connectivity index (χ1) is 18.6. The van der Waals surface area contributed by atoms with Gasteiger partial charge >= 0.3 is 0 Å². The van der Waals surface area contributed by atoms with Crippen molar-refractivity contribution in [3.05, 3.63) is 146 Å². The van der Waals surface area contributed by atoms with E-state index in [9.17, 15) is 0 Å². The number of rotatable bonds is 3. The SMILES string of the molecule is CC(C)(C)C1=C2C3=C(C(C4=CC=CC4)=C1[Si]2(c1ccccc1)c1ccccc1)c1ccc(C(C)(C)C)cc1C3. The van der Waals surface area contributed by atoms with Gasteiger partial charge in [-0.05, 0) is 89.0 Å². The molecule has 2 aliphatic heterocycles. The Morgan fingerprint density at radius 1 is 0.667 bits per heavy atom. The van der Waals surface area contributed by atoms with E-state index in [1.165, 1.54) is 38.2 Å². The number of benzene rings is 3. The maximum absolute atomic E-state index is 2.51. The van der Waals surface area contributed by atoms with Crippen LogP contribution < -0.4 is 10.4 Å². The highest BCUT2D eigenvalue weighted by molar-refractivity contribution is 7.16. The van der Waals surface area contributed by atoms with Crippen LogP contribution in [0.3, 0.4) is 0 Å². The lowest BCUT2D eigenvalue weighted by Crippen LogP contribution is -2.70. The summed E-state index contributed by atoms with van der Waals surface area (Å²) in [5.41, 5.74) is 12.4. The van der Waals surface area contributed by atoms with Crippen LogP contribution in [0.2, 0.25) is 0 Å². The Hall–Kier alpha value is -3.42. The van der Waals surface area contributed by atoms with Gasteiger partial charge in [-0.3, -0.25) is 0 Å². The minimum Gasteiger partial charge on any atom is -0.0801 e. The summed E-state index contributed by atoms with van der Waals surface area (Å²) in [4.78, 5) is 0. The molecular weight excluding hydrogens is 485 g/mol. The van der Waals surface area contributed by atoms with Gasteiger partial charge in [0.1, 0.15) is 0 Å². The molecule has 194 valence electrons. The molecule has 0 unspecified atom stereocenters. The second-order valence-electron chi connectivity index (χ2n) is 13.7. The maximum Gasteiger partial charge on any atom is 0.181 e. The van der Waals surface area contributed by atoms with Gasteiger partial charge in [-0.25, -0.2) is 0 Å². The third kappa shape index (κ3) is 3.36. The summed E-state index contributed by atoms with van der Waals surface area (Å²) in [6.45, 7) is 14.3. The summed E-state index contributed by atoms with van der Waals surface area (Å²) in [5.74, 6) is 0. The summed E-state index contributed by atoms with van der Waals surface area (Å²) < 4.78 is 0. The third-order valence-corrected chi connectivity index (χ3v) is 14.2. The molecule has 0 aromatic heterocycles. The van der Waals surface area contributed by atoms with Crippen molar-refractivity contribution in [3.8, 4) is 0 Å². The zero-order valence-corrected chi connectivity index (χ0v) is 25.2. The van der Waals surface area contributed by atoms with Crippen LogP contribution in [0.1, 0.15) is 64.7 Å². The lowest BCUT2D eigenvalue weighted by Gasteiger charge is -2.56. The first kappa shape index (κ1) is 24.6. The Morgan fingerprint density at radius 3 is 1.85 bits per heavy atom. The zero-order chi connectivity index (χ0) is 27.2. The van der Waals surface area contributed by atoms with Gasteiger partial charge in [0.05, 0.1) is 0 Å². The van der Waals surface area contributed by atoms with Gasteiger partial charge in [0.2, 0.25) is 0 Å². The fourth-order valence-electron chi connectivity index (χ4n) is 7.59. The molecule has 2 aliphatic carbocycles. The van der Waals surface area contributed by atoms with Gasteiger partial charge in [-0.2, -0.15) is 0 Å². The molecule has 0 saturated heterocycles. The molecule has 1 heteroatoms. The van der Waals surface area contributed by atoms with Crippen LogP contribution >= 0.6 is 0 Å². The molecule has 39 heavy (non-hydrogen) atoms. The number of fused-ring (bicyclic) bond motifs is 5. The molecule has 0 atom stereocenters. The van der Waals surface area contributed by atoms with E-state index >= 15 is 0 Å². The molecule has 0 spiro atoms. The Labute approximate surface area is 235 Å². The maximum atomic E-state index is 2.51. The zero-order valence-electron chi connectivity index (χ0n) is 24.2. The molecule has 0 nitrogen and oxygen atoms in total. The lowest BCUT2D eigenvalue weighted by atomic mass is 9.76. The van der Waals surface area contributed by atoms with Crippen molar-refractivity contribution in [2.24, 2.45) is 5.41 Å². The molecule has 3 aromatic rings. The van der Waals surface area contributed by atoms with E-state index in [4.69, 9.17) is 0 Å². The van der Waals surface area contributed by atoms with Crippen LogP contribution in [0.25, 0.3) is 5.57 Å². The highest BCUT2D eigenvalue weighted by Crippen LogP contribution is 2.63. The van der Waals surface area contributed by atoms with E-state index in [1.807, 2.05) is 0 Å². The molecule has 0 radical (unpaired) electrons. The Morgan fingerprint density at radius 2 is 1.31 bits per heavy atom. The minimum absolute atomic E-state index is 0.0758. The van der Waals surface area contributed by atoms with Crippen molar-refractivity contribution >= 4 is 24.0 Å². The average Bonchev–Trinajstić information content (AvgIpc) is 3.56. The van der Waals surface area contributed by atoms with E-state index in [0.717, 1.165) is 12.8 Å². The largest absolute Gasteiger partial charge is 0.181 e. The topological polar surface area (TPSA) is 0 Å². The third-order valence-electron chi connectivity index (χ3n) is 9.22. The molecule has 0 amide bonds. The van der Waals surface area contributed by atoms with Gasteiger partial charge in [0.15, 0.2) is 8.07 Å². The van der Waals surface area contributed by atoms with Gasteiger partial charge < -0.3 is 0 Å². The van der Waals surface area contributed by atoms with Crippen molar-refractivity contribution < 1.29 is 0 Å². The fraction of sp³-hybridized carbons (Fsp3) is 0.263. The quantitative estimate of drug-likeness (QED) is 0.304. The Bertz CT molecular complexity index is 1630. The molecule has 0 fully saturated rings. The predicted octanol–water partition coefficient (Wildman–Crippen LogP) is 8.19. The van der Waals surface area contributed by atoms with E-state index in [2.05, 4.69) is 139 Å². The first-order valence-corrected chi connectivity index (χ1v) is 16.5. The molecular formula is C38H38Si. The summed E-state index contributed by atoms with van der Waals surface area (Å²) in [7, 11) is -2.39. The summed E-state index contributed by atoms with van der Waals surface area (Å²) >= 11 is 0. The second-order valence-corrected chi connectivity index (χ2v) is 17.4. The van der Waals surface area contributed by atoms with Crippen LogP contribution in [0, 0.1) is 5.41 Å². The standard InChI is InChI=1S/C38H38Si/c1-37(2,3)27-21-22-30-26(23-27)24-31-33(30)32(25-15-13-14-16-25)36-34(38(4,5)6)35(31)39(36,28-17-9-7-10-18-28)29-19-11-8-12-20-29/h7-15,17-23H,16,24H2,1-6H3. The van der Waals surface area contributed by atoms with Crippen LogP contribution in [-0.4, -0.2) is 8.07 Å². The van der Waals surface area contributed by atoms with Gasteiger partial charge in [-0.1, -0.05) is 139 Å². The lowest BCUT2D eigenvalue weighted by molar-refractivity contribution is 0.506. The average molecular weight is 523 g/mol. The molecule has 2 bridgehead atoms. The van der Waals surface area contributed by atoms with Crippen molar-refractivity contribution in [1.29, 1.82) is 0 Å². The van der Waals surface area contributed by atoms with E-state index in [0.29, 0.717) is 0 Å². The normalized spacial score (nSPS) is 19.3. The highest BCUT2D eigenvalue weighted by atomic mass is 28.3. The van der Waals surface area contributed by atoms with E-state index < -0.39 is 8.07 Å². The van der Waals surface area contributed by atoms with Crippen molar-refractivity contribution in [2.45, 2.75) is 59.8 Å². The van der Waals surface area contributed by atoms with Gasteiger partial charge in [0.25, 0.3) is 0 Å². The summed E-state index contributed by atoms with van der Waals surface area (Å²) in [5, 5.41) is 6.41. The number of allylic oxidation sites excluding steroid dienone is 10. The Kier molecular flexibility index (Phi) is 5.23. The number of hydrogen-bond donors (Lipinski definition) is 0. The van der Waals surface area contributed by atoms with Crippen LogP contribution in [0.5, 0.6) is 0 Å². The molecule has 0 saturated carbocycles. The van der Waals surface area contributed by atoms with Crippen molar-refractivity contribution in [1.82, 2.24) is 0 Å².